The van der Waals surface area contributed by atoms with Gasteiger partial charge in [-0.2, -0.15) is 0 Å². The summed E-state index contributed by atoms with van der Waals surface area (Å²) in [5.41, 5.74) is 1.37. The highest BCUT2D eigenvalue weighted by molar-refractivity contribution is 7.92. The lowest BCUT2D eigenvalue weighted by Crippen LogP contribution is -2.28. The molecule has 6 nitrogen and oxygen atoms in total. The average Bonchev–Trinajstić information content (AvgIpc) is 2.57. The summed E-state index contributed by atoms with van der Waals surface area (Å²) < 4.78 is 32.4. The fraction of sp³-hybridized carbons (Fsp3) is 0.235. The first kappa shape index (κ1) is 19.2. The molecule has 2 N–H and O–H groups in total. The molecule has 2 aromatic carbocycles. The molecule has 134 valence electrons. The van der Waals surface area contributed by atoms with Gasteiger partial charge in [0.2, 0.25) is 0 Å². The number of aryl methyl sites for hydroxylation is 1. The molecule has 0 saturated heterocycles. The van der Waals surface area contributed by atoms with E-state index in [0.717, 1.165) is 0 Å². The van der Waals surface area contributed by atoms with Crippen LogP contribution in [-0.2, 0) is 14.8 Å². The molecule has 0 radical (unpaired) electrons. The number of methoxy groups -OCH3 is 1. The topological polar surface area (TPSA) is 84.5 Å². The number of hydrogen-bond donors (Lipinski definition) is 2. The fourth-order valence-electron chi connectivity index (χ4n) is 2.11. The van der Waals surface area contributed by atoms with Gasteiger partial charge in [0.25, 0.3) is 15.9 Å². The van der Waals surface area contributed by atoms with Gasteiger partial charge in [0, 0.05) is 29.9 Å². The normalized spacial score (nSPS) is 11.2. The van der Waals surface area contributed by atoms with Crippen molar-refractivity contribution < 1.29 is 17.9 Å². The number of hydrogen-bond acceptors (Lipinski definition) is 4. The SMILES string of the molecule is COCCNC(=O)c1cc(S(=O)(=O)Nc2ccc(Cl)cc2)ccc1C. The summed E-state index contributed by atoms with van der Waals surface area (Å²) in [6.45, 7) is 2.46. The lowest BCUT2D eigenvalue weighted by Gasteiger charge is -2.12. The van der Waals surface area contributed by atoms with Crippen molar-refractivity contribution in [2.24, 2.45) is 0 Å². The zero-order chi connectivity index (χ0) is 18.4. The Labute approximate surface area is 152 Å². The zero-order valence-electron chi connectivity index (χ0n) is 13.9. The second-order valence-electron chi connectivity index (χ2n) is 5.34. The van der Waals surface area contributed by atoms with E-state index in [9.17, 15) is 13.2 Å². The number of amides is 1. The van der Waals surface area contributed by atoms with E-state index in [1.807, 2.05) is 0 Å². The van der Waals surface area contributed by atoms with Crippen molar-refractivity contribution in [3.63, 3.8) is 0 Å². The number of halogens is 1. The third-order valence-electron chi connectivity index (χ3n) is 3.45. The van der Waals surface area contributed by atoms with Crippen molar-refractivity contribution in [1.29, 1.82) is 0 Å². The minimum atomic E-state index is -3.82. The Morgan fingerprint density at radius 3 is 2.48 bits per heavy atom. The molecule has 25 heavy (non-hydrogen) atoms. The lowest BCUT2D eigenvalue weighted by atomic mass is 10.1. The van der Waals surface area contributed by atoms with Crippen molar-refractivity contribution in [3.8, 4) is 0 Å². The van der Waals surface area contributed by atoms with Gasteiger partial charge < -0.3 is 10.1 Å². The van der Waals surface area contributed by atoms with Crippen molar-refractivity contribution in [2.75, 3.05) is 25.0 Å². The standard InChI is InChI=1S/C17H19ClN2O4S/c1-12-3-8-15(11-16(12)17(21)19-9-10-24-2)25(22,23)20-14-6-4-13(18)5-7-14/h3-8,11,20H,9-10H2,1-2H3,(H,19,21). The monoisotopic (exact) mass is 382 g/mol. The predicted molar refractivity (Wildman–Crippen MR) is 97.6 cm³/mol. The number of benzene rings is 2. The van der Waals surface area contributed by atoms with Crippen molar-refractivity contribution in [2.45, 2.75) is 11.8 Å². The van der Waals surface area contributed by atoms with Crippen LogP contribution in [-0.4, -0.2) is 34.6 Å². The highest BCUT2D eigenvalue weighted by atomic mass is 35.5. The molecule has 0 bridgehead atoms. The van der Waals surface area contributed by atoms with Gasteiger partial charge in [-0.15, -0.1) is 0 Å². The molecule has 0 unspecified atom stereocenters. The van der Waals surface area contributed by atoms with Crippen LogP contribution in [0.2, 0.25) is 5.02 Å². The number of anilines is 1. The molecular formula is C17H19ClN2O4S. The summed E-state index contributed by atoms with van der Waals surface area (Å²) in [6, 6.07) is 10.7. The molecule has 0 fully saturated rings. The Morgan fingerprint density at radius 2 is 1.84 bits per heavy atom. The van der Waals surface area contributed by atoms with Gasteiger partial charge in [-0.25, -0.2) is 8.42 Å². The van der Waals surface area contributed by atoms with Gasteiger partial charge in [0.05, 0.1) is 11.5 Å². The average molecular weight is 383 g/mol. The van der Waals surface area contributed by atoms with Crippen LogP contribution in [0.3, 0.4) is 0 Å². The Hall–Kier alpha value is -2.09. The van der Waals surface area contributed by atoms with Gasteiger partial charge in [-0.1, -0.05) is 17.7 Å². The summed E-state index contributed by atoms with van der Waals surface area (Å²) in [5, 5.41) is 3.19. The summed E-state index contributed by atoms with van der Waals surface area (Å²) in [6.07, 6.45) is 0. The summed E-state index contributed by atoms with van der Waals surface area (Å²) in [7, 11) is -2.29. The second kappa shape index (κ2) is 8.33. The number of carbonyl (C=O) groups excluding carboxylic acids is 1. The number of rotatable bonds is 7. The molecule has 1 amide bonds. The highest BCUT2D eigenvalue weighted by Gasteiger charge is 2.18. The number of carbonyl (C=O) groups is 1. The summed E-state index contributed by atoms with van der Waals surface area (Å²) >= 11 is 5.79. The first-order valence-corrected chi connectivity index (χ1v) is 9.36. The zero-order valence-corrected chi connectivity index (χ0v) is 15.4. The Balaban J connectivity index is 2.24. The van der Waals surface area contributed by atoms with E-state index in [0.29, 0.717) is 35.0 Å². The van der Waals surface area contributed by atoms with E-state index in [-0.39, 0.29) is 10.8 Å². The molecule has 0 spiro atoms. The third kappa shape index (κ3) is 5.19. The van der Waals surface area contributed by atoms with Crippen LogP contribution in [0.25, 0.3) is 0 Å². The molecule has 2 aromatic rings. The van der Waals surface area contributed by atoms with Crippen molar-refractivity contribution >= 4 is 33.2 Å². The number of sulfonamides is 1. The molecule has 0 aromatic heterocycles. The van der Waals surface area contributed by atoms with Crippen LogP contribution in [0, 0.1) is 6.92 Å². The molecule has 0 aliphatic rings. The van der Waals surface area contributed by atoms with Gasteiger partial charge in [0.15, 0.2) is 0 Å². The Morgan fingerprint density at radius 1 is 1.16 bits per heavy atom. The van der Waals surface area contributed by atoms with Crippen LogP contribution in [0.5, 0.6) is 0 Å². The third-order valence-corrected chi connectivity index (χ3v) is 5.08. The molecule has 0 atom stereocenters. The minimum absolute atomic E-state index is 0.00458. The lowest BCUT2D eigenvalue weighted by molar-refractivity contribution is 0.0936. The van der Waals surface area contributed by atoms with Crippen LogP contribution in [0.1, 0.15) is 15.9 Å². The van der Waals surface area contributed by atoms with Crippen LogP contribution in [0.4, 0.5) is 5.69 Å². The molecular weight excluding hydrogens is 364 g/mol. The van der Waals surface area contributed by atoms with E-state index >= 15 is 0 Å². The van der Waals surface area contributed by atoms with Crippen LogP contribution >= 0.6 is 11.6 Å². The smallest absolute Gasteiger partial charge is 0.261 e. The number of ether oxygens (including phenoxy) is 1. The summed E-state index contributed by atoms with van der Waals surface area (Å²) in [5.74, 6) is -0.349. The van der Waals surface area contributed by atoms with Gasteiger partial charge in [-0.3, -0.25) is 9.52 Å². The van der Waals surface area contributed by atoms with Crippen LogP contribution in [0.15, 0.2) is 47.4 Å². The van der Waals surface area contributed by atoms with E-state index in [2.05, 4.69) is 10.0 Å². The molecule has 0 aliphatic heterocycles. The van der Waals surface area contributed by atoms with Gasteiger partial charge in [0.1, 0.15) is 0 Å². The molecule has 8 heteroatoms. The predicted octanol–water partition coefficient (Wildman–Crippen LogP) is 2.83. The molecule has 0 saturated carbocycles. The van der Waals surface area contributed by atoms with Crippen molar-refractivity contribution in [1.82, 2.24) is 5.32 Å². The van der Waals surface area contributed by atoms with Gasteiger partial charge in [-0.05, 0) is 48.9 Å². The van der Waals surface area contributed by atoms with E-state index < -0.39 is 10.0 Å². The second-order valence-corrected chi connectivity index (χ2v) is 7.46. The van der Waals surface area contributed by atoms with Crippen LogP contribution < -0.4 is 10.0 Å². The van der Waals surface area contributed by atoms with Gasteiger partial charge >= 0.3 is 0 Å². The summed E-state index contributed by atoms with van der Waals surface area (Å²) in [4.78, 5) is 12.2. The maximum absolute atomic E-state index is 12.5. The largest absolute Gasteiger partial charge is 0.383 e. The number of nitrogens with one attached hydrogen (secondary N) is 2. The first-order chi connectivity index (χ1) is 11.8. The Bertz CT molecular complexity index is 851. The quantitative estimate of drug-likeness (QED) is 0.721. The maximum Gasteiger partial charge on any atom is 0.261 e. The van der Waals surface area contributed by atoms with E-state index in [1.54, 1.807) is 37.3 Å². The molecule has 0 heterocycles. The van der Waals surface area contributed by atoms with Crippen molar-refractivity contribution in [3.05, 3.63) is 58.6 Å². The highest BCUT2D eigenvalue weighted by Crippen LogP contribution is 2.20. The molecule has 0 aliphatic carbocycles. The Kier molecular flexibility index (Phi) is 6.41. The minimum Gasteiger partial charge on any atom is -0.383 e. The van der Waals surface area contributed by atoms with E-state index in [4.69, 9.17) is 16.3 Å². The fourth-order valence-corrected chi connectivity index (χ4v) is 3.32. The first-order valence-electron chi connectivity index (χ1n) is 7.49. The van der Waals surface area contributed by atoms with E-state index in [1.165, 1.54) is 19.2 Å². The maximum atomic E-state index is 12.5. The molecule has 2 rings (SSSR count).